The minimum Gasteiger partial charge on any atom is -0.497 e. The summed E-state index contributed by atoms with van der Waals surface area (Å²) < 4.78 is 30.2. The molecule has 2 rings (SSSR count). The Morgan fingerprint density at radius 3 is 2.30 bits per heavy atom. The second kappa shape index (κ2) is 6.21. The van der Waals surface area contributed by atoms with Crippen molar-refractivity contribution in [3.8, 4) is 5.75 Å². The number of nitrogens with zero attached hydrogens (tertiary/aromatic N) is 2. The molecule has 0 amide bonds. The molecule has 0 unspecified atom stereocenters. The fourth-order valence-electron chi connectivity index (χ4n) is 1.58. The Labute approximate surface area is 122 Å². The highest BCUT2D eigenvalue weighted by Crippen LogP contribution is 2.20. The van der Waals surface area contributed by atoms with E-state index in [4.69, 9.17) is 16.5 Å². The first-order valence-electron chi connectivity index (χ1n) is 5.75. The Hall–Kier alpha value is -1.63. The van der Waals surface area contributed by atoms with Gasteiger partial charge in [-0.05, 0) is 41.6 Å². The topological polar surface area (TPSA) is 59.5 Å². The summed E-state index contributed by atoms with van der Waals surface area (Å²) in [5.74, 6) is 0.701. The summed E-state index contributed by atoms with van der Waals surface area (Å²) in [7, 11) is -2.16. The van der Waals surface area contributed by atoms with Gasteiger partial charge in [0.2, 0.25) is 0 Å². The summed E-state index contributed by atoms with van der Waals surface area (Å²) in [5.41, 5.74) is 0.762. The minimum absolute atomic E-state index is 0.0657. The molecule has 0 atom stereocenters. The van der Waals surface area contributed by atoms with E-state index in [1.807, 2.05) is 0 Å². The summed E-state index contributed by atoms with van der Waals surface area (Å²) in [6, 6.07) is 9.82. The normalized spacial score (nSPS) is 11.6. The molecule has 0 N–H and O–H groups in total. The number of hydrogen-bond acceptors (Lipinski definition) is 4. The SMILES string of the molecule is COc1ccc(CN(Cl)S(=O)(=O)c2ccncc2)cc1. The molecule has 0 fully saturated rings. The van der Waals surface area contributed by atoms with Crippen molar-refractivity contribution in [1.29, 1.82) is 0 Å². The van der Waals surface area contributed by atoms with Gasteiger partial charge in [-0.2, -0.15) is 0 Å². The molecule has 0 aliphatic carbocycles. The highest BCUT2D eigenvalue weighted by atomic mass is 35.5. The van der Waals surface area contributed by atoms with E-state index in [-0.39, 0.29) is 11.4 Å². The maximum Gasteiger partial charge on any atom is 0.256 e. The van der Waals surface area contributed by atoms with Gasteiger partial charge < -0.3 is 4.74 Å². The van der Waals surface area contributed by atoms with Crippen LogP contribution in [-0.2, 0) is 16.6 Å². The maximum absolute atomic E-state index is 12.2. The van der Waals surface area contributed by atoms with Crippen molar-refractivity contribution in [1.82, 2.24) is 8.81 Å². The second-order valence-corrected chi connectivity index (χ2v) is 6.45. The predicted molar refractivity (Wildman–Crippen MR) is 75.8 cm³/mol. The number of halogens is 1. The van der Waals surface area contributed by atoms with Gasteiger partial charge in [0.25, 0.3) is 10.0 Å². The van der Waals surface area contributed by atoms with E-state index in [1.54, 1.807) is 31.4 Å². The molecule has 0 spiro atoms. The molecule has 5 nitrogen and oxygen atoms in total. The molecule has 1 heterocycles. The van der Waals surface area contributed by atoms with Crippen molar-refractivity contribution in [2.75, 3.05) is 7.11 Å². The van der Waals surface area contributed by atoms with Crippen molar-refractivity contribution in [2.45, 2.75) is 11.4 Å². The molecule has 0 aliphatic rings. The third-order valence-electron chi connectivity index (χ3n) is 2.67. The number of ether oxygens (including phenoxy) is 1. The highest BCUT2D eigenvalue weighted by Gasteiger charge is 2.22. The summed E-state index contributed by atoms with van der Waals surface area (Å²) in [6.07, 6.45) is 2.82. The van der Waals surface area contributed by atoms with Crippen LogP contribution in [-0.4, -0.2) is 24.3 Å². The molecule has 2 aromatic rings. The fourth-order valence-corrected chi connectivity index (χ4v) is 2.97. The lowest BCUT2D eigenvalue weighted by Crippen LogP contribution is -2.21. The summed E-state index contributed by atoms with van der Waals surface area (Å²) >= 11 is 5.91. The van der Waals surface area contributed by atoms with Crippen LogP contribution in [0.5, 0.6) is 5.75 Å². The number of methoxy groups -OCH3 is 1. The Morgan fingerprint density at radius 2 is 1.75 bits per heavy atom. The summed E-state index contributed by atoms with van der Waals surface area (Å²) in [5, 5.41) is 0. The molecule has 1 aromatic heterocycles. The average Bonchev–Trinajstić information content (AvgIpc) is 2.49. The van der Waals surface area contributed by atoms with Crippen molar-refractivity contribution < 1.29 is 13.2 Å². The van der Waals surface area contributed by atoms with Crippen LogP contribution in [0.4, 0.5) is 0 Å². The Bertz CT molecular complexity index is 660. The van der Waals surface area contributed by atoms with Gasteiger partial charge in [-0.15, -0.1) is 3.82 Å². The van der Waals surface area contributed by atoms with Crippen molar-refractivity contribution in [3.63, 3.8) is 0 Å². The van der Waals surface area contributed by atoms with E-state index >= 15 is 0 Å². The smallest absolute Gasteiger partial charge is 0.256 e. The van der Waals surface area contributed by atoms with E-state index < -0.39 is 10.0 Å². The van der Waals surface area contributed by atoms with E-state index in [0.29, 0.717) is 5.75 Å². The molecule has 0 saturated carbocycles. The Morgan fingerprint density at radius 1 is 1.15 bits per heavy atom. The lowest BCUT2D eigenvalue weighted by atomic mass is 10.2. The van der Waals surface area contributed by atoms with Gasteiger partial charge in [-0.1, -0.05) is 12.1 Å². The fraction of sp³-hybridized carbons (Fsp3) is 0.154. The van der Waals surface area contributed by atoms with Crippen molar-refractivity contribution in [2.24, 2.45) is 0 Å². The Balaban J connectivity index is 2.16. The van der Waals surface area contributed by atoms with Crippen LogP contribution in [0.1, 0.15) is 5.56 Å². The second-order valence-electron chi connectivity index (χ2n) is 3.98. The molecule has 0 aliphatic heterocycles. The van der Waals surface area contributed by atoms with Crippen LogP contribution in [0.25, 0.3) is 0 Å². The molecular formula is C13H13ClN2O3S. The third kappa shape index (κ3) is 3.27. The molecule has 0 saturated heterocycles. The van der Waals surface area contributed by atoms with Crippen LogP contribution in [0.15, 0.2) is 53.7 Å². The van der Waals surface area contributed by atoms with Crippen molar-refractivity contribution >= 4 is 21.8 Å². The van der Waals surface area contributed by atoms with Crippen LogP contribution in [0.3, 0.4) is 0 Å². The first kappa shape index (κ1) is 14.8. The number of sulfonamides is 1. The number of benzene rings is 1. The standard InChI is InChI=1S/C13H13ClN2O3S/c1-19-12-4-2-11(3-5-12)10-16(14)20(17,18)13-6-8-15-9-7-13/h2-9H,10H2,1H3. The number of aromatic nitrogens is 1. The summed E-state index contributed by atoms with van der Waals surface area (Å²) in [6.45, 7) is 0.0657. The lowest BCUT2D eigenvalue weighted by molar-refractivity contribution is 0.414. The average molecular weight is 313 g/mol. The highest BCUT2D eigenvalue weighted by molar-refractivity contribution is 7.90. The lowest BCUT2D eigenvalue weighted by Gasteiger charge is -2.14. The first-order valence-corrected chi connectivity index (χ1v) is 7.53. The third-order valence-corrected chi connectivity index (χ3v) is 4.86. The van der Waals surface area contributed by atoms with Crippen LogP contribution in [0, 0.1) is 0 Å². The van der Waals surface area contributed by atoms with Gasteiger partial charge in [-0.25, -0.2) is 8.42 Å². The molecular weight excluding hydrogens is 300 g/mol. The monoisotopic (exact) mass is 312 g/mol. The number of pyridine rings is 1. The van der Waals surface area contributed by atoms with Gasteiger partial charge in [0.05, 0.1) is 18.6 Å². The first-order chi connectivity index (χ1) is 9.54. The van der Waals surface area contributed by atoms with E-state index in [2.05, 4.69) is 4.98 Å². The molecule has 0 radical (unpaired) electrons. The quantitative estimate of drug-likeness (QED) is 0.796. The van der Waals surface area contributed by atoms with Gasteiger partial charge in [0.15, 0.2) is 0 Å². The molecule has 106 valence electrons. The van der Waals surface area contributed by atoms with Gasteiger partial charge in [0.1, 0.15) is 5.75 Å². The van der Waals surface area contributed by atoms with Crippen molar-refractivity contribution in [3.05, 3.63) is 54.4 Å². The van der Waals surface area contributed by atoms with Crippen LogP contribution < -0.4 is 4.74 Å². The number of hydrogen-bond donors (Lipinski definition) is 0. The molecule has 7 heteroatoms. The summed E-state index contributed by atoms with van der Waals surface area (Å²) in [4.78, 5) is 3.89. The van der Waals surface area contributed by atoms with Gasteiger partial charge in [-0.3, -0.25) is 4.98 Å². The molecule has 0 bridgehead atoms. The van der Waals surface area contributed by atoms with E-state index in [0.717, 1.165) is 9.39 Å². The predicted octanol–water partition coefficient (Wildman–Crippen LogP) is 2.43. The zero-order valence-corrected chi connectivity index (χ0v) is 12.3. The van der Waals surface area contributed by atoms with E-state index in [1.165, 1.54) is 24.5 Å². The molecule has 20 heavy (non-hydrogen) atoms. The largest absolute Gasteiger partial charge is 0.497 e. The zero-order valence-electron chi connectivity index (χ0n) is 10.7. The number of rotatable bonds is 5. The Kier molecular flexibility index (Phi) is 4.59. The van der Waals surface area contributed by atoms with Crippen LogP contribution in [0.2, 0.25) is 0 Å². The molecule has 1 aromatic carbocycles. The van der Waals surface area contributed by atoms with E-state index in [9.17, 15) is 8.42 Å². The zero-order chi connectivity index (χ0) is 14.6. The maximum atomic E-state index is 12.2. The minimum atomic E-state index is -3.73. The van der Waals surface area contributed by atoms with Crippen LogP contribution >= 0.6 is 11.8 Å². The van der Waals surface area contributed by atoms with Gasteiger partial charge >= 0.3 is 0 Å². The van der Waals surface area contributed by atoms with Gasteiger partial charge in [0, 0.05) is 12.4 Å².